The predicted molar refractivity (Wildman–Crippen MR) is 93.1 cm³/mol. The van der Waals surface area contributed by atoms with Crippen molar-refractivity contribution in [1.82, 2.24) is 5.32 Å². The zero-order chi connectivity index (χ0) is 14.5. The number of benzene rings is 2. The third-order valence-electron chi connectivity index (χ3n) is 3.85. The van der Waals surface area contributed by atoms with Gasteiger partial charge in [0, 0.05) is 10.7 Å². The summed E-state index contributed by atoms with van der Waals surface area (Å²) in [5.41, 5.74) is 2.88. The molecule has 0 fully saturated rings. The van der Waals surface area contributed by atoms with E-state index in [1.165, 1.54) is 21.2 Å². The molecule has 1 aromatic heterocycles. The Bertz CT molecular complexity index is 687. The molecule has 0 spiro atoms. The van der Waals surface area contributed by atoms with Gasteiger partial charge in [0.2, 0.25) is 0 Å². The minimum atomic E-state index is 0.496. The molecule has 0 bridgehead atoms. The van der Waals surface area contributed by atoms with Crippen LogP contribution in [0.2, 0.25) is 0 Å². The van der Waals surface area contributed by atoms with Gasteiger partial charge in [0.15, 0.2) is 0 Å². The summed E-state index contributed by atoms with van der Waals surface area (Å²) >= 11 is 1.85. The van der Waals surface area contributed by atoms with Crippen molar-refractivity contribution >= 4 is 21.4 Å². The molecule has 1 atom stereocenters. The molecule has 1 nitrogen and oxygen atoms in total. The molecule has 2 heteroatoms. The SMILES string of the molecule is CCNC(Cc1ccccc1)Cc1csc2ccccc12. The van der Waals surface area contributed by atoms with E-state index in [4.69, 9.17) is 0 Å². The molecule has 1 N–H and O–H groups in total. The van der Waals surface area contributed by atoms with Crippen molar-refractivity contribution in [3.8, 4) is 0 Å². The summed E-state index contributed by atoms with van der Waals surface area (Å²) in [7, 11) is 0. The molecule has 0 amide bonds. The summed E-state index contributed by atoms with van der Waals surface area (Å²) in [6, 6.07) is 20.0. The lowest BCUT2D eigenvalue weighted by molar-refractivity contribution is 0.523. The van der Waals surface area contributed by atoms with Crippen LogP contribution in [0, 0.1) is 0 Å². The molecular formula is C19H21NS. The lowest BCUT2D eigenvalue weighted by Crippen LogP contribution is -2.32. The first kappa shape index (κ1) is 14.3. The molecule has 0 saturated carbocycles. The highest BCUT2D eigenvalue weighted by atomic mass is 32.1. The zero-order valence-corrected chi connectivity index (χ0v) is 13.2. The van der Waals surface area contributed by atoms with Crippen LogP contribution in [-0.4, -0.2) is 12.6 Å². The lowest BCUT2D eigenvalue weighted by Gasteiger charge is -2.18. The second-order valence-corrected chi connectivity index (χ2v) is 6.32. The number of fused-ring (bicyclic) bond motifs is 1. The van der Waals surface area contributed by atoms with E-state index < -0.39 is 0 Å². The normalized spacial score (nSPS) is 12.6. The summed E-state index contributed by atoms with van der Waals surface area (Å²) in [6.07, 6.45) is 2.17. The predicted octanol–water partition coefficient (Wildman–Crippen LogP) is 4.66. The molecule has 0 saturated heterocycles. The number of likely N-dealkylation sites (N-methyl/N-ethyl adjacent to an activating group) is 1. The van der Waals surface area contributed by atoms with Crippen LogP contribution in [0.5, 0.6) is 0 Å². The van der Waals surface area contributed by atoms with E-state index >= 15 is 0 Å². The van der Waals surface area contributed by atoms with Gasteiger partial charge in [-0.25, -0.2) is 0 Å². The molecule has 1 unspecified atom stereocenters. The smallest absolute Gasteiger partial charge is 0.0345 e. The quantitative estimate of drug-likeness (QED) is 0.697. The van der Waals surface area contributed by atoms with Crippen molar-refractivity contribution in [3.63, 3.8) is 0 Å². The fourth-order valence-electron chi connectivity index (χ4n) is 2.86. The van der Waals surface area contributed by atoms with Gasteiger partial charge in [0.25, 0.3) is 0 Å². The first-order chi connectivity index (χ1) is 10.4. The Morgan fingerprint density at radius 2 is 1.71 bits per heavy atom. The number of hydrogen-bond donors (Lipinski definition) is 1. The zero-order valence-electron chi connectivity index (χ0n) is 12.4. The molecule has 0 aliphatic carbocycles. The van der Waals surface area contributed by atoms with Gasteiger partial charge < -0.3 is 5.32 Å². The average molecular weight is 295 g/mol. The van der Waals surface area contributed by atoms with Gasteiger partial charge in [-0.1, -0.05) is 55.5 Å². The van der Waals surface area contributed by atoms with Crippen LogP contribution >= 0.6 is 11.3 Å². The van der Waals surface area contributed by atoms with Crippen LogP contribution in [0.1, 0.15) is 18.1 Å². The van der Waals surface area contributed by atoms with Crippen LogP contribution in [0.3, 0.4) is 0 Å². The van der Waals surface area contributed by atoms with Crippen LogP contribution in [0.25, 0.3) is 10.1 Å². The third kappa shape index (κ3) is 3.52. The molecule has 2 aromatic carbocycles. The van der Waals surface area contributed by atoms with Crippen molar-refractivity contribution in [2.24, 2.45) is 0 Å². The summed E-state index contributed by atoms with van der Waals surface area (Å²) in [6.45, 7) is 3.20. The minimum Gasteiger partial charge on any atom is -0.314 e. The van der Waals surface area contributed by atoms with E-state index in [2.05, 4.69) is 72.2 Å². The Hall–Kier alpha value is -1.64. The van der Waals surface area contributed by atoms with Crippen LogP contribution in [0.15, 0.2) is 60.0 Å². The minimum absolute atomic E-state index is 0.496. The Labute approximate surface area is 130 Å². The summed E-state index contributed by atoms with van der Waals surface area (Å²) in [4.78, 5) is 0. The maximum atomic E-state index is 3.64. The standard InChI is InChI=1S/C19H21NS/c1-2-20-17(12-15-8-4-3-5-9-15)13-16-14-21-19-11-7-6-10-18(16)19/h3-11,14,17,20H,2,12-13H2,1H3. The van der Waals surface area contributed by atoms with Crippen LogP contribution < -0.4 is 5.32 Å². The van der Waals surface area contributed by atoms with E-state index in [0.717, 1.165) is 19.4 Å². The molecule has 21 heavy (non-hydrogen) atoms. The number of hydrogen-bond acceptors (Lipinski definition) is 2. The van der Waals surface area contributed by atoms with Crippen molar-refractivity contribution < 1.29 is 0 Å². The Balaban J connectivity index is 1.78. The number of rotatable bonds is 6. The number of nitrogens with one attached hydrogen (secondary N) is 1. The van der Waals surface area contributed by atoms with E-state index in [1.54, 1.807) is 0 Å². The van der Waals surface area contributed by atoms with Gasteiger partial charge in [-0.2, -0.15) is 0 Å². The maximum Gasteiger partial charge on any atom is 0.0345 e. The Morgan fingerprint density at radius 1 is 0.952 bits per heavy atom. The van der Waals surface area contributed by atoms with E-state index in [9.17, 15) is 0 Å². The molecular weight excluding hydrogens is 274 g/mol. The largest absolute Gasteiger partial charge is 0.314 e. The van der Waals surface area contributed by atoms with E-state index in [-0.39, 0.29) is 0 Å². The monoisotopic (exact) mass is 295 g/mol. The lowest BCUT2D eigenvalue weighted by atomic mass is 9.98. The van der Waals surface area contributed by atoms with Gasteiger partial charge in [0.05, 0.1) is 0 Å². The third-order valence-corrected chi connectivity index (χ3v) is 4.86. The second-order valence-electron chi connectivity index (χ2n) is 5.41. The fraction of sp³-hybridized carbons (Fsp3) is 0.263. The van der Waals surface area contributed by atoms with Crippen molar-refractivity contribution in [1.29, 1.82) is 0 Å². The summed E-state index contributed by atoms with van der Waals surface area (Å²) in [5, 5.41) is 7.37. The van der Waals surface area contributed by atoms with Crippen molar-refractivity contribution in [3.05, 3.63) is 71.1 Å². The Kier molecular flexibility index (Phi) is 4.69. The summed E-state index contributed by atoms with van der Waals surface area (Å²) in [5.74, 6) is 0. The molecule has 3 aromatic rings. The molecule has 1 heterocycles. The van der Waals surface area contributed by atoms with E-state index in [0.29, 0.717) is 6.04 Å². The van der Waals surface area contributed by atoms with Gasteiger partial charge in [-0.3, -0.25) is 0 Å². The highest BCUT2D eigenvalue weighted by Crippen LogP contribution is 2.27. The highest BCUT2D eigenvalue weighted by molar-refractivity contribution is 7.17. The number of thiophene rings is 1. The second kappa shape index (κ2) is 6.88. The van der Waals surface area contributed by atoms with Gasteiger partial charge in [-0.15, -0.1) is 11.3 Å². The fourth-order valence-corrected chi connectivity index (χ4v) is 3.84. The highest BCUT2D eigenvalue weighted by Gasteiger charge is 2.12. The van der Waals surface area contributed by atoms with Gasteiger partial charge in [-0.05, 0) is 47.3 Å². The maximum absolute atomic E-state index is 3.64. The Morgan fingerprint density at radius 3 is 2.52 bits per heavy atom. The van der Waals surface area contributed by atoms with Crippen LogP contribution in [-0.2, 0) is 12.8 Å². The molecule has 3 rings (SSSR count). The summed E-state index contributed by atoms with van der Waals surface area (Å²) < 4.78 is 1.39. The average Bonchev–Trinajstić information content (AvgIpc) is 2.92. The topological polar surface area (TPSA) is 12.0 Å². The van der Waals surface area contributed by atoms with Gasteiger partial charge in [0.1, 0.15) is 0 Å². The van der Waals surface area contributed by atoms with Crippen molar-refractivity contribution in [2.75, 3.05) is 6.54 Å². The van der Waals surface area contributed by atoms with Gasteiger partial charge >= 0.3 is 0 Å². The molecule has 0 radical (unpaired) electrons. The molecule has 0 aliphatic rings. The van der Waals surface area contributed by atoms with E-state index in [1.807, 2.05) is 11.3 Å². The first-order valence-corrected chi connectivity index (χ1v) is 8.47. The van der Waals surface area contributed by atoms with Crippen LogP contribution in [0.4, 0.5) is 0 Å². The molecule has 108 valence electrons. The first-order valence-electron chi connectivity index (χ1n) is 7.59. The van der Waals surface area contributed by atoms with Crippen molar-refractivity contribution in [2.45, 2.75) is 25.8 Å². The molecule has 0 aliphatic heterocycles.